The first-order valence-electron chi connectivity index (χ1n) is 9.29. The second kappa shape index (κ2) is 8.05. The maximum atomic E-state index is 12.6. The second-order valence-electron chi connectivity index (χ2n) is 8.82. The summed E-state index contributed by atoms with van der Waals surface area (Å²) in [6.07, 6.45) is 3.43. The highest BCUT2D eigenvalue weighted by Crippen LogP contribution is 2.26. The van der Waals surface area contributed by atoms with Crippen molar-refractivity contribution in [2.45, 2.75) is 64.9 Å². The number of sulfonamides is 1. The Bertz CT molecular complexity index is 933. The largest absolute Gasteiger partial charge is 0.477 e. The number of aliphatic imine (C=N–C) groups is 1. The minimum absolute atomic E-state index is 0.122. The van der Waals surface area contributed by atoms with Crippen LogP contribution in [0.4, 0.5) is 4.79 Å². The Labute approximate surface area is 171 Å². The van der Waals surface area contributed by atoms with Crippen LogP contribution in [0.1, 0.15) is 48.0 Å². The summed E-state index contributed by atoms with van der Waals surface area (Å²) in [7, 11) is -4.18. The molecule has 1 aromatic heterocycles. The number of carbonyl (C=O) groups excluding carboxylic acids is 1. The summed E-state index contributed by atoms with van der Waals surface area (Å²) in [4.78, 5) is 16.7. The zero-order chi connectivity index (χ0) is 22.0. The zero-order valence-electron chi connectivity index (χ0n) is 17.7. The topological polar surface area (TPSA) is 141 Å². The van der Waals surface area contributed by atoms with Crippen molar-refractivity contribution in [1.29, 1.82) is 0 Å². The number of allylic oxidation sites excluding steroid dienone is 1. The van der Waals surface area contributed by atoms with Gasteiger partial charge in [-0.15, -0.1) is 0 Å². The van der Waals surface area contributed by atoms with Crippen LogP contribution in [0, 0.1) is 5.41 Å². The van der Waals surface area contributed by atoms with Crippen molar-refractivity contribution in [3.05, 3.63) is 18.0 Å². The molecule has 29 heavy (non-hydrogen) atoms. The van der Waals surface area contributed by atoms with Crippen LogP contribution in [0.2, 0.25) is 0 Å². The van der Waals surface area contributed by atoms with Gasteiger partial charge in [0.25, 0.3) is 10.0 Å². The van der Waals surface area contributed by atoms with Gasteiger partial charge in [0.15, 0.2) is 4.90 Å². The van der Waals surface area contributed by atoms with Gasteiger partial charge in [-0.05, 0) is 26.8 Å². The number of aryl methyl sites for hydroxylation is 1. The normalized spacial score (nSPS) is 16.1. The number of amidine groups is 1. The van der Waals surface area contributed by atoms with E-state index in [1.165, 1.54) is 10.8 Å². The molecular weight excluding hydrogens is 396 g/mol. The standard InChI is InChI=1S/C18H30N6O4S/c1-17(2,3)13(19)10-14(22-18(4,5)6)21-16(25)23-29(26,27)12-11-20-24-8-7-9-28-15(12)24/h10-11H,7-9,19H2,1-6H3,(H2,21,22,23,25). The Kier molecular flexibility index (Phi) is 6.31. The maximum Gasteiger partial charge on any atom is 0.334 e. The van der Waals surface area contributed by atoms with Crippen LogP contribution in [0.25, 0.3) is 0 Å². The van der Waals surface area contributed by atoms with Gasteiger partial charge in [0, 0.05) is 24.1 Å². The van der Waals surface area contributed by atoms with Crippen LogP contribution in [0.15, 0.2) is 27.9 Å². The summed E-state index contributed by atoms with van der Waals surface area (Å²) < 4.78 is 34.1. The van der Waals surface area contributed by atoms with Gasteiger partial charge in [0.1, 0.15) is 5.84 Å². The second-order valence-corrected chi connectivity index (χ2v) is 10.5. The first-order valence-corrected chi connectivity index (χ1v) is 10.8. The average molecular weight is 427 g/mol. The molecule has 4 N–H and O–H groups in total. The molecule has 0 unspecified atom stereocenters. The van der Waals surface area contributed by atoms with E-state index >= 15 is 0 Å². The van der Waals surface area contributed by atoms with Gasteiger partial charge in [-0.3, -0.25) is 10.3 Å². The fourth-order valence-electron chi connectivity index (χ4n) is 2.37. The van der Waals surface area contributed by atoms with Crippen LogP contribution < -0.4 is 20.5 Å². The molecule has 1 aromatic rings. The third-order valence-corrected chi connectivity index (χ3v) is 5.20. The predicted octanol–water partition coefficient (Wildman–Crippen LogP) is 1.74. The fraction of sp³-hybridized carbons (Fsp3) is 0.611. The molecule has 0 aliphatic carbocycles. The van der Waals surface area contributed by atoms with E-state index in [-0.39, 0.29) is 22.0 Å². The molecule has 0 spiro atoms. The lowest BCUT2D eigenvalue weighted by Gasteiger charge is -2.21. The highest BCUT2D eigenvalue weighted by molar-refractivity contribution is 7.90. The predicted molar refractivity (Wildman–Crippen MR) is 110 cm³/mol. The number of carbonyl (C=O) groups is 1. The lowest BCUT2D eigenvalue weighted by atomic mass is 9.92. The van der Waals surface area contributed by atoms with Gasteiger partial charge < -0.3 is 10.5 Å². The minimum atomic E-state index is -4.18. The van der Waals surface area contributed by atoms with Crippen LogP contribution >= 0.6 is 0 Å². The Balaban J connectivity index is 2.24. The van der Waals surface area contributed by atoms with E-state index in [4.69, 9.17) is 10.5 Å². The first kappa shape index (κ1) is 22.7. The SMILES string of the molecule is CC(C)(C)N=C(C=C(N)C(C)(C)C)NC(=O)NS(=O)(=O)c1cnn2c1OCCC2. The molecule has 0 aromatic carbocycles. The molecule has 1 aliphatic heterocycles. The number of ether oxygens (including phenoxy) is 1. The summed E-state index contributed by atoms with van der Waals surface area (Å²) in [5.74, 6) is 0.280. The molecule has 0 fully saturated rings. The number of nitrogens with two attached hydrogens (primary N) is 1. The van der Waals surface area contributed by atoms with Gasteiger partial charge in [-0.1, -0.05) is 20.8 Å². The number of rotatable bonds is 3. The van der Waals surface area contributed by atoms with Crippen molar-refractivity contribution in [2.24, 2.45) is 16.1 Å². The zero-order valence-corrected chi connectivity index (χ0v) is 18.6. The van der Waals surface area contributed by atoms with Gasteiger partial charge in [0.05, 0.1) is 18.3 Å². The van der Waals surface area contributed by atoms with E-state index in [1.54, 1.807) is 0 Å². The Morgan fingerprint density at radius 3 is 2.55 bits per heavy atom. The van der Waals surface area contributed by atoms with Crippen molar-refractivity contribution in [3.8, 4) is 5.88 Å². The van der Waals surface area contributed by atoms with E-state index in [0.717, 1.165) is 12.6 Å². The molecule has 2 heterocycles. The fourth-order valence-corrected chi connectivity index (χ4v) is 3.35. The number of aromatic nitrogens is 2. The van der Waals surface area contributed by atoms with Crippen LogP contribution in [0.5, 0.6) is 5.88 Å². The van der Waals surface area contributed by atoms with Gasteiger partial charge in [0.2, 0.25) is 5.88 Å². The maximum absolute atomic E-state index is 12.6. The first-order chi connectivity index (χ1) is 13.2. The van der Waals surface area contributed by atoms with Crippen molar-refractivity contribution in [1.82, 2.24) is 19.8 Å². The smallest absolute Gasteiger partial charge is 0.334 e. The minimum Gasteiger partial charge on any atom is -0.477 e. The van der Waals surface area contributed by atoms with E-state index in [2.05, 4.69) is 15.4 Å². The summed E-state index contributed by atoms with van der Waals surface area (Å²) >= 11 is 0. The van der Waals surface area contributed by atoms with Crippen LogP contribution in [-0.4, -0.2) is 42.2 Å². The lowest BCUT2D eigenvalue weighted by molar-refractivity contribution is 0.224. The quantitative estimate of drug-likeness (QED) is 0.497. The average Bonchev–Trinajstić information content (AvgIpc) is 2.96. The summed E-state index contributed by atoms with van der Waals surface area (Å²) in [5, 5.41) is 6.47. The molecule has 2 rings (SSSR count). The number of fused-ring (bicyclic) bond motifs is 1. The molecule has 2 amide bonds. The van der Waals surface area contributed by atoms with E-state index < -0.39 is 21.6 Å². The lowest BCUT2D eigenvalue weighted by Crippen LogP contribution is -2.43. The number of hydrogen-bond acceptors (Lipinski definition) is 7. The van der Waals surface area contributed by atoms with E-state index in [1.807, 2.05) is 46.3 Å². The summed E-state index contributed by atoms with van der Waals surface area (Å²) in [5.41, 5.74) is 5.71. The molecule has 0 saturated heterocycles. The summed E-state index contributed by atoms with van der Waals surface area (Å²) in [6, 6.07) is -0.957. The van der Waals surface area contributed by atoms with Crippen molar-refractivity contribution in [3.63, 3.8) is 0 Å². The number of amides is 2. The van der Waals surface area contributed by atoms with E-state index in [0.29, 0.717) is 18.8 Å². The van der Waals surface area contributed by atoms with Gasteiger partial charge >= 0.3 is 6.03 Å². The molecule has 0 atom stereocenters. The molecule has 162 valence electrons. The molecule has 10 nitrogen and oxygen atoms in total. The van der Waals surface area contributed by atoms with Crippen molar-refractivity contribution in [2.75, 3.05) is 6.61 Å². The Morgan fingerprint density at radius 1 is 1.31 bits per heavy atom. The van der Waals surface area contributed by atoms with Crippen molar-refractivity contribution >= 4 is 21.9 Å². The van der Waals surface area contributed by atoms with Gasteiger partial charge in [-0.25, -0.2) is 22.6 Å². The number of urea groups is 1. The van der Waals surface area contributed by atoms with Crippen molar-refractivity contribution < 1.29 is 17.9 Å². The third kappa shape index (κ3) is 6.21. The summed E-state index contributed by atoms with van der Waals surface area (Å²) in [6.45, 7) is 12.2. The van der Waals surface area contributed by atoms with Gasteiger partial charge in [-0.2, -0.15) is 5.10 Å². The highest BCUT2D eigenvalue weighted by atomic mass is 32.2. The molecule has 0 radical (unpaired) electrons. The molecule has 0 saturated carbocycles. The monoisotopic (exact) mass is 426 g/mol. The Hall–Kier alpha value is -2.56. The van der Waals surface area contributed by atoms with E-state index in [9.17, 15) is 13.2 Å². The van der Waals surface area contributed by atoms with Crippen LogP contribution in [-0.2, 0) is 16.6 Å². The highest BCUT2D eigenvalue weighted by Gasteiger charge is 2.28. The number of nitrogens with zero attached hydrogens (tertiary/aromatic N) is 3. The molecule has 11 heteroatoms. The number of nitrogens with one attached hydrogen (secondary N) is 2. The molecule has 0 bridgehead atoms. The van der Waals surface area contributed by atoms with Crippen LogP contribution in [0.3, 0.4) is 0 Å². The third-order valence-electron chi connectivity index (χ3n) is 3.88. The number of hydrogen-bond donors (Lipinski definition) is 3. The molecule has 1 aliphatic rings. The molecular formula is C18H30N6O4S. The Morgan fingerprint density at radius 2 is 1.97 bits per heavy atom.